The lowest BCUT2D eigenvalue weighted by Gasteiger charge is -2.22. The number of sulfonamides is 1. The Kier molecular flexibility index (Phi) is 8.77. The third kappa shape index (κ3) is 7.04. The van der Waals surface area contributed by atoms with E-state index >= 15 is 0 Å². The Hall–Kier alpha value is -1.12. The zero-order chi connectivity index (χ0) is 20.7. The molecule has 28 heavy (non-hydrogen) atoms. The van der Waals surface area contributed by atoms with Crippen LogP contribution in [0, 0.1) is 0 Å². The standard InChI is InChI=1S/C18H19Cl3N2O3S2/c1-28(25,26)23(17-5-3-2-4-15(17)20)11-18(24)22-8-9-27-12-13-6-7-14(19)16(21)10-13/h2-7,10H,8-9,11-12H2,1H3,(H,22,24). The fraction of sp³-hybridized carbons (Fsp3) is 0.278. The lowest BCUT2D eigenvalue weighted by Crippen LogP contribution is -2.41. The molecule has 1 amide bonds. The van der Waals surface area contributed by atoms with Crippen molar-refractivity contribution >= 4 is 68.2 Å². The van der Waals surface area contributed by atoms with Crippen LogP contribution in [0.1, 0.15) is 5.56 Å². The second-order valence-electron chi connectivity index (χ2n) is 5.87. The minimum Gasteiger partial charge on any atom is -0.354 e. The number of nitrogens with one attached hydrogen (secondary N) is 1. The monoisotopic (exact) mass is 480 g/mol. The van der Waals surface area contributed by atoms with Gasteiger partial charge in [0.1, 0.15) is 6.54 Å². The van der Waals surface area contributed by atoms with E-state index in [0.29, 0.717) is 22.3 Å². The first-order valence-electron chi connectivity index (χ1n) is 8.19. The maximum atomic E-state index is 12.2. The molecule has 0 fully saturated rings. The van der Waals surface area contributed by atoms with Crippen LogP contribution in [0.5, 0.6) is 0 Å². The van der Waals surface area contributed by atoms with Crippen molar-refractivity contribution in [3.05, 3.63) is 63.1 Å². The Bertz CT molecular complexity index is 939. The van der Waals surface area contributed by atoms with Gasteiger partial charge >= 0.3 is 0 Å². The number of carbonyl (C=O) groups excluding carboxylic acids is 1. The smallest absolute Gasteiger partial charge is 0.240 e. The lowest BCUT2D eigenvalue weighted by atomic mass is 10.2. The predicted molar refractivity (Wildman–Crippen MR) is 119 cm³/mol. The summed E-state index contributed by atoms with van der Waals surface area (Å²) >= 11 is 19.6. The quantitative estimate of drug-likeness (QED) is 0.537. The average molecular weight is 482 g/mol. The van der Waals surface area contributed by atoms with Crippen LogP contribution in [0.2, 0.25) is 15.1 Å². The summed E-state index contributed by atoms with van der Waals surface area (Å²) in [5.74, 6) is 0.985. The molecule has 0 radical (unpaired) electrons. The summed E-state index contributed by atoms with van der Waals surface area (Å²) in [5, 5.41) is 4.01. The van der Waals surface area contributed by atoms with Gasteiger partial charge in [-0.3, -0.25) is 9.10 Å². The molecular formula is C18H19Cl3N2O3S2. The number of hydrogen-bond acceptors (Lipinski definition) is 4. The van der Waals surface area contributed by atoms with Gasteiger partial charge in [0.25, 0.3) is 0 Å². The summed E-state index contributed by atoms with van der Waals surface area (Å²) < 4.78 is 25.1. The number of thioether (sulfide) groups is 1. The molecule has 0 aliphatic heterocycles. The van der Waals surface area contributed by atoms with E-state index < -0.39 is 15.9 Å². The van der Waals surface area contributed by atoms with Gasteiger partial charge in [-0.05, 0) is 29.8 Å². The molecule has 0 aliphatic rings. The van der Waals surface area contributed by atoms with E-state index in [4.69, 9.17) is 34.8 Å². The Morgan fingerprint density at radius 2 is 1.79 bits per heavy atom. The number of rotatable bonds is 9. The first kappa shape index (κ1) is 23.2. The first-order valence-corrected chi connectivity index (χ1v) is 12.3. The minimum atomic E-state index is -3.65. The van der Waals surface area contributed by atoms with Crippen LogP contribution in [0.25, 0.3) is 0 Å². The Balaban J connectivity index is 1.83. The van der Waals surface area contributed by atoms with Crippen LogP contribution in [-0.2, 0) is 20.6 Å². The number of hydrogen-bond donors (Lipinski definition) is 1. The van der Waals surface area contributed by atoms with E-state index in [0.717, 1.165) is 21.9 Å². The summed E-state index contributed by atoms with van der Waals surface area (Å²) in [6.07, 6.45) is 1.04. The van der Waals surface area contributed by atoms with Gasteiger partial charge in [-0.1, -0.05) is 53.0 Å². The number of anilines is 1. The van der Waals surface area contributed by atoms with Crippen LogP contribution in [0.3, 0.4) is 0 Å². The second-order valence-corrected chi connectivity index (χ2v) is 10.1. The zero-order valence-electron chi connectivity index (χ0n) is 15.0. The van der Waals surface area contributed by atoms with Crippen LogP contribution in [0.4, 0.5) is 5.69 Å². The molecule has 0 saturated heterocycles. The highest BCUT2D eigenvalue weighted by atomic mass is 35.5. The topological polar surface area (TPSA) is 66.5 Å². The van der Waals surface area contributed by atoms with E-state index in [1.54, 1.807) is 42.1 Å². The van der Waals surface area contributed by atoms with Crippen LogP contribution in [0.15, 0.2) is 42.5 Å². The highest BCUT2D eigenvalue weighted by molar-refractivity contribution is 7.98. The van der Waals surface area contributed by atoms with Gasteiger partial charge in [-0.15, -0.1) is 0 Å². The predicted octanol–water partition coefficient (Wildman–Crippen LogP) is 4.46. The average Bonchev–Trinajstić information content (AvgIpc) is 2.62. The van der Waals surface area contributed by atoms with Crippen molar-refractivity contribution in [2.75, 3.05) is 29.4 Å². The van der Waals surface area contributed by atoms with Crippen LogP contribution >= 0.6 is 46.6 Å². The Morgan fingerprint density at radius 1 is 1.07 bits per heavy atom. The van der Waals surface area contributed by atoms with Gasteiger partial charge < -0.3 is 5.32 Å². The van der Waals surface area contributed by atoms with E-state index in [9.17, 15) is 13.2 Å². The number of benzene rings is 2. The molecule has 0 atom stereocenters. The van der Waals surface area contributed by atoms with Crippen LogP contribution in [-0.4, -0.2) is 39.4 Å². The number of para-hydroxylation sites is 1. The van der Waals surface area contributed by atoms with Gasteiger partial charge in [-0.25, -0.2) is 8.42 Å². The van der Waals surface area contributed by atoms with Gasteiger partial charge in [0.15, 0.2) is 0 Å². The van der Waals surface area contributed by atoms with Crippen molar-refractivity contribution in [3.63, 3.8) is 0 Å². The molecule has 0 aromatic heterocycles. The molecule has 2 rings (SSSR count). The second kappa shape index (κ2) is 10.6. The van der Waals surface area contributed by atoms with E-state index in [2.05, 4.69) is 5.32 Å². The molecule has 1 N–H and O–H groups in total. The molecule has 152 valence electrons. The molecule has 5 nitrogen and oxygen atoms in total. The van der Waals surface area contributed by atoms with Gasteiger partial charge in [-0.2, -0.15) is 11.8 Å². The summed E-state index contributed by atoms with van der Waals surface area (Å²) in [5.41, 5.74) is 1.31. The molecule has 10 heteroatoms. The molecule has 0 heterocycles. The fourth-order valence-corrected chi connectivity index (χ4v) is 4.59. The zero-order valence-corrected chi connectivity index (χ0v) is 18.9. The van der Waals surface area contributed by atoms with Crippen molar-refractivity contribution in [2.45, 2.75) is 5.75 Å². The highest BCUT2D eigenvalue weighted by Gasteiger charge is 2.22. The summed E-state index contributed by atoms with van der Waals surface area (Å²) in [7, 11) is -3.65. The van der Waals surface area contributed by atoms with E-state index in [1.165, 1.54) is 0 Å². The van der Waals surface area contributed by atoms with Gasteiger partial charge in [0.05, 0.1) is 27.0 Å². The lowest BCUT2D eigenvalue weighted by molar-refractivity contribution is -0.119. The van der Waals surface area contributed by atoms with E-state index in [1.807, 2.05) is 12.1 Å². The summed E-state index contributed by atoms with van der Waals surface area (Å²) in [6, 6.07) is 11.9. The molecule has 2 aromatic carbocycles. The van der Waals surface area contributed by atoms with Gasteiger partial charge in [0.2, 0.25) is 15.9 Å². The fourth-order valence-electron chi connectivity index (χ4n) is 2.30. The number of amides is 1. The Labute approximate surface area is 184 Å². The van der Waals surface area contributed by atoms with Gasteiger partial charge in [0, 0.05) is 18.1 Å². The van der Waals surface area contributed by atoms with Crippen molar-refractivity contribution in [1.29, 1.82) is 0 Å². The number of carbonyl (C=O) groups is 1. The third-order valence-electron chi connectivity index (χ3n) is 3.63. The molecule has 0 aliphatic carbocycles. The van der Waals surface area contributed by atoms with Crippen molar-refractivity contribution in [1.82, 2.24) is 5.32 Å². The molecular weight excluding hydrogens is 463 g/mol. The van der Waals surface area contributed by atoms with E-state index in [-0.39, 0.29) is 17.3 Å². The first-order chi connectivity index (χ1) is 13.2. The summed E-state index contributed by atoms with van der Waals surface area (Å²) in [6.45, 7) is 0.0744. The molecule has 0 saturated carbocycles. The van der Waals surface area contributed by atoms with Crippen molar-refractivity contribution in [2.24, 2.45) is 0 Å². The SMILES string of the molecule is CS(=O)(=O)N(CC(=O)NCCSCc1ccc(Cl)c(Cl)c1)c1ccccc1Cl. The number of nitrogens with zero attached hydrogens (tertiary/aromatic N) is 1. The number of halogens is 3. The van der Waals surface area contributed by atoms with Crippen molar-refractivity contribution < 1.29 is 13.2 Å². The molecule has 2 aromatic rings. The maximum absolute atomic E-state index is 12.2. The molecule has 0 unspecified atom stereocenters. The van der Waals surface area contributed by atoms with Crippen molar-refractivity contribution in [3.8, 4) is 0 Å². The third-order valence-corrected chi connectivity index (χ3v) is 6.85. The van der Waals surface area contributed by atoms with Crippen LogP contribution < -0.4 is 9.62 Å². The molecule has 0 spiro atoms. The maximum Gasteiger partial charge on any atom is 0.240 e. The summed E-state index contributed by atoms with van der Waals surface area (Å²) in [4.78, 5) is 12.2. The molecule has 0 bridgehead atoms. The minimum absolute atomic E-state index is 0.262. The normalized spacial score (nSPS) is 11.3. The highest BCUT2D eigenvalue weighted by Crippen LogP contribution is 2.27. The largest absolute Gasteiger partial charge is 0.354 e. The Morgan fingerprint density at radius 3 is 2.43 bits per heavy atom.